The summed E-state index contributed by atoms with van der Waals surface area (Å²) in [5, 5.41) is 8.93. The lowest BCUT2D eigenvalue weighted by Gasteiger charge is -2.22. The van der Waals surface area contributed by atoms with Crippen LogP contribution in [0.5, 0.6) is 0 Å². The number of carbonyl (C=O) groups is 2. The van der Waals surface area contributed by atoms with Crippen molar-refractivity contribution in [2.24, 2.45) is 11.8 Å². The Labute approximate surface area is 133 Å². The third-order valence-electron chi connectivity index (χ3n) is 3.56. The number of ether oxygens (including phenoxy) is 1. The van der Waals surface area contributed by atoms with Crippen LogP contribution in [0.2, 0.25) is 0 Å². The minimum absolute atomic E-state index is 0. The number of methoxy groups -OCH3 is 1. The molecule has 0 saturated carbocycles. The largest absolute Gasteiger partial charge is 0.375 e. The smallest absolute Gasteiger partial charge is 0.246 e. The maximum Gasteiger partial charge on any atom is 0.246 e. The van der Waals surface area contributed by atoms with E-state index in [9.17, 15) is 9.59 Å². The van der Waals surface area contributed by atoms with E-state index < -0.39 is 6.04 Å². The highest BCUT2D eigenvalue weighted by Gasteiger charge is 2.24. The van der Waals surface area contributed by atoms with Gasteiger partial charge in [0.1, 0.15) is 12.6 Å². The summed E-state index contributed by atoms with van der Waals surface area (Å²) in [5.41, 5.74) is 0. The first-order valence-electron chi connectivity index (χ1n) is 7.31. The van der Waals surface area contributed by atoms with Crippen molar-refractivity contribution in [3.8, 4) is 0 Å². The molecule has 1 fully saturated rings. The fraction of sp³-hybridized carbons (Fsp3) is 0.857. The summed E-state index contributed by atoms with van der Waals surface area (Å²) in [5.74, 6) is 0.316. The zero-order chi connectivity index (χ0) is 15.0. The number of carbonyl (C=O) groups excluding carboxylic acids is 2. The fourth-order valence-electron chi connectivity index (χ4n) is 2.35. The van der Waals surface area contributed by atoms with Crippen LogP contribution in [-0.4, -0.2) is 51.2 Å². The molecule has 1 rings (SSSR count). The van der Waals surface area contributed by atoms with E-state index in [1.807, 2.05) is 13.8 Å². The summed E-state index contributed by atoms with van der Waals surface area (Å²) in [7, 11) is 1.46. The monoisotopic (exact) mass is 321 g/mol. The summed E-state index contributed by atoms with van der Waals surface area (Å²) in [6.07, 6.45) is 2.16. The van der Waals surface area contributed by atoms with Crippen LogP contribution in [0.3, 0.4) is 0 Å². The minimum Gasteiger partial charge on any atom is -0.375 e. The number of hydrogen-bond acceptors (Lipinski definition) is 4. The molecule has 0 aromatic rings. The van der Waals surface area contributed by atoms with Crippen molar-refractivity contribution < 1.29 is 14.3 Å². The number of amides is 2. The van der Waals surface area contributed by atoms with E-state index in [-0.39, 0.29) is 36.7 Å². The molecule has 1 aliphatic heterocycles. The van der Waals surface area contributed by atoms with Crippen molar-refractivity contribution in [3.05, 3.63) is 0 Å². The van der Waals surface area contributed by atoms with Crippen LogP contribution < -0.4 is 16.0 Å². The molecule has 1 aliphatic rings. The number of hydrogen-bond donors (Lipinski definition) is 3. The van der Waals surface area contributed by atoms with E-state index in [4.69, 9.17) is 4.74 Å². The van der Waals surface area contributed by atoms with Crippen molar-refractivity contribution in [1.82, 2.24) is 16.0 Å². The molecule has 3 N–H and O–H groups in total. The highest BCUT2D eigenvalue weighted by Crippen LogP contribution is 2.11. The number of rotatable bonds is 8. The van der Waals surface area contributed by atoms with Crippen LogP contribution in [0.4, 0.5) is 0 Å². The van der Waals surface area contributed by atoms with Gasteiger partial charge in [-0.1, -0.05) is 13.8 Å². The standard InChI is InChI=1S/C14H27N3O3.ClH/c1-10(2)13(17-12(18)9-20-3)14(19)16-7-5-11-4-6-15-8-11;/h10-11,13,15H,4-9H2,1-3H3,(H,16,19)(H,17,18);1H/t11?,13-;/m0./s1. The molecule has 1 saturated heterocycles. The second-order valence-corrected chi connectivity index (χ2v) is 5.66. The molecule has 21 heavy (non-hydrogen) atoms. The second kappa shape index (κ2) is 10.8. The maximum atomic E-state index is 12.1. The van der Waals surface area contributed by atoms with Gasteiger partial charge in [0.05, 0.1) is 0 Å². The number of halogens is 1. The van der Waals surface area contributed by atoms with E-state index in [1.165, 1.54) is 13.5 Å². The Morgan fingerprint density at radius 1 is 1.38 bits per heavy atom. The SMILES string of the molecule is COCC(=O)N[C@H](C(=O)NCCC1CCNC1)C(C)C.Cl. The van der Waals surface area contributed by atoms with Gasteiger partial charge >= 0.3 is 0 Å². The van der Waals surface area contributed by atoms with Crippen LogP contribution >= 0.6 is 12.4 Å². The Bertz CT molecular complexity index is 321. The molecule has 1 heterocycles. The van der Waals surface area contributed by atoms with E-state index in [2.05, 4.69) is 16.0 Å². The molecule has 7 heteroatoms. The normalized spacial score (nSPS) is 19.0. The van der Waals surface area contributed by atoms with Crippen LogP contribution in [-0.2, 0) is 14.3 Å². The zero-order valence-corrected chi connectivity index (χ0v) is 13.9. The van der Waals surface area contributed by atoms with Gasteiger partial charge in [-0.15, -0.1) is 12.4 Å². The predicted molar refractivity (Wildman–Crippen MR) is 84.5 cm³/mol. The Balaban J connectivity index is 0.00000400. The quantitative estimate of drug-likeness (QED) is 0.601. The van der Waals surface area contributed by atoms with Gasteiger partial charge in [-0.2, -0.15) is 0 Å². The fourth-order valence-corrected chi connectivity index (χ4v) is 2.35. The van der Waals surface area contributed by atoms with E-state index in [0.29, 0.717) is 12.5 Å². The zero-order valence-electron chi connectivity index (χ0n) is 13.1. The van der Waals surface area contributed by atoms with Gasteiger partial charge in [0, 0.05) is 13.7 Å². The average molecular weight is 322 g/mol. The van der Waals surface area contributed by atoms with E-state index in [0.717, 1.165) is 19.5 Å². The molecule has 124 valence electrons. The topological polar surface area (TPSA) is 79.5 Å². The lowest BCUT2D eigenvalue weighted by atomic mass is 10.0. The Morgan fingerprint density at radius 3 is 2.62 bits per heavy atom. The van der Waals surface area contributed by atoms with Gasteiger partial charge < -0.3 is 20.7 Å². The van der Waals surface area contributed by atoms with Gasteiger partial charge in [0.2, 0.25) is 11.8 Å². The number of nitrogens with one attached hydrogen (secondary N) is 3. The van der Waals surface area contributed by atoms with Gasteiger partial charge in [-0.25, -0.2) is 0 Å². The van der Waals surface area contributed by atoms with Gasteiger partial charge in [-0.05, 0) is 37.8 Å². The third kappa shape index (κ3) is 7.64. The molecule has 0 radical (unpaired) electrons. The highest BCUT2D eigenvalue weighted by molar-refractivity contribution is 5.88. The maximum absolute atomic E-state index is 12.1. The Kier molecular flexibility index (Phi) is 10.4. The van der Waals surface area contributed by atoms with Crippen molar-refractivity contribution >= 4 is 24.2 Å². The molecular formula is C14H28ClN3O3. The molecule has 0 aliphatic carbocycles. The van der Waals surface area contributed by atoms with Crippen molar-refractivity contribution in [2.75, 3.05) is 33.4 Å². The van der Waals surface area contributed by atoms with Crippen LogP contribution in [0.25, 0.3) is 0 Å². The van der Waals surface area contributed by atoms with Crippen LogP contribution in [0.1, 0.15) is 26.7 Å². The molecule has 2 amide bonds. The lowest BCUT2D eigenvalue weighted by Crippen LogP contribution is -2.50. The summed E-state index contributed by atoms with van der Waals surface area (Å²) in [4.78, 5) is 23.6. The molecule has 1 unspecified atom stereocenters. The molecule has 2 atom stereocenters. The highest BCUT2D eigenvalue weighted by atomic mass is 35.5. The van der Waals surface area contributed by atoms with Gasteiger partial charge in [-0.3, -0.25) is 9.59 Å². The molecule has 6 nitrogen and oxygen atoms in total. The average Bonchev–Trinajstić information content (AvgIpc) is 2.89. The molecule has 0 aromatic heterocycles. The minimum atomic E-state index is -0.501. The molecule has 0 spiro atoms. The lowest BCUT2D eigenvalue weighted by molar-refractivity contribution is -0.131. The first-order chi connectivity index (χ1) is 9.54. The molecule has 0 bridgehead atoms. The van der Waals surface area contributed by atoms with E-state index in [1.54, 1.807) is 0 Å². The summed E-state index contributed by atoms with van der Waals surface area (Å²) < 4.78 is 4.76. The first kappa shape index (κ1) is 20.1. The first-order valence-corrected chi connectivity index (χ1v) is 7.31. The Morgan fingerprint density at radius 2 is 2.10 bits per heavy atom. The summed E-state index contributed by atoms with van der Waals surface area (Å²) in [6.45, 7) is 6.57. The van der Waals surface area contributed by atoms with Gasteiger partial charge in [0.15, 0.2) is 0 Å². The second-order valence-electron chi connectivity index (χ2n) is 5.66. The Hall–Kier alpha value is -0.850. The van der Waals surface area contributed by atoms with E-state index >= 15 is 0 Å². The van der Waals surface area contributed by atoms with Crippen LogP contribution in [0, 0.1) is 11.8 Å². The summed E-state index contributed by atoms with van der Waals surface area (Å²) >= 11 is 0. The van der Waals surface area contributed by atoms with Crippen LogP contribution in [0.15, 0.2) is 0 Å². The molecular weight excluding hydrogens is 294 g/mol. The predicted octanol–water partition coefficient (Wildman–Crippen LogP) is 0.311. The molecule has 0 aromatic carbocycles. The summed E-state index contributed by atoms with van der Waals surface area (Å²) in [6, 6.07) is -0.501. The van der Waals surface area contributed by atoms with Gasteiger partial charge in [0.25, 0.3) is 0 Å². The van der Waals surface area contributed by atoms with Crippen molar-refractivity contribution in [3.63, 3.8) is 0 Å². The van der Waals surface area contributed by atoms with Crippen molar-refractivity contribution in [1.29, 1.82) is 0 Å². The third-order valence-corrected chi connectivity index (χ3v) is 3.56. The van der Waals surface area contributed by atoms with Crippen molar-refractivity contribution in [2.45, 2.75) is 32.7 Å².